The molecule has 0 saturated heterocycles. The molecule has 4 rings (SSSR count). The summed E-state index contributed by atoms with van der Waals surface area (Å²) in [5.74, 6) is 0.187. The van der Waals surface area contributed by atoms with Crippen molar-refractivity contribution in [3.8, 4) is 0 Å². The van der Waals surface area contributed by atoms with Gasteiger partial charge < -0.3 is 15.5 Å². The van der Waals surface area contributed by atoms with E-state index >= 15 is 0 Å². The number of aromatic nitrogens is 3. The van der Waals surface area contributed by atoms with E-state index < -0.39 is 0 Å². The van der Waals surface area contributed by atoms with Crippen LogP contribution < -0.4 is 10.9 Å². The van der Waals surface area contributed by atoms with Crippen LogP contribution in [-0.4, -0.2) is 26.3 Å². The van der Waals surface area contributed by atoms with Gasteiger partial charge in [-0.2, -0.15) is 0 Å². The van der Waals surface area contributed by atoms with Crippen LogP contribution in [0.25, 0.3) is 0 Å². The van der Waals surface area contributed by atoms with E-state index in [1.165, 1.54) is 30.0 Å². The van der Waals surface area contributed by atoms with E-state index in [0.29, 0.717) is 22.9 Å². The molecule has 1 atom stereocenters. The van der Waals surface area contributed by atoms with Gasteiger partial charge in [-0.1, -0.05) is 29.1 Å². The standard InChI is InChI=1S/C17H14FN5O3S/c18-10-5-4-9-6-13(12(9)7-10)20-16(21-25)15-17(23-26-22-15)27-8-11-2-1-3-14(24)19-11/h1-5,7,13,25H,6,8H2,(H,19,24)(H,20,21)/t13-/m1/s1. The monoisotopic (exact) mass is 387 g/mol. The summed E-state index contributed by atoms with van der Waals surface area (Å²) in [7, 11) is 0. The Labute approximate surface area is 156 Å². The molecule has 1 aliphatic rings. The van der Waals surface area contributed by atoms with Gasteiger partial charge in [0, 0.05) is 17.5 Å². The van der Waals surface area contributed by atoms with E-state index in [4.69, 9.17) is 4.63 Å². The highest BCUT2D eigenvalue weighted by Crippen LogP contribution is 2.34. The highest BCUT2D eigenvalue weighted by atomic mass is 32.2. The van der Waals surface area contributed by atoms with Crippen LogP contribution in [-0.2, 0) is 12.2 Å². The first-order chi connectivity index (χ1) is 13.1. The normalized spacial score (nSPS) is 15.9. The van der Waals surface area contributed by atoms with Gasteiger partial charge >= 0.3 is 0 Å². The molecule has 2 aromatic heterocycles. The van der Waals surface area contributed by atoms with Gasteiger partial charge in [-0.25, -0.2) is 9.02 Å². The molecule has 0 aliphatic heterocycles. The fourth-order valence-electron chi connectivity index (χ4n) is 2.86. The number of rotatable bonds is 5. The zero-order chi connectivity index (χ0) is 18.8. The number of pyridine rings is 1. The molecule has 0 radical (unpaired) electrons. The lowest BCUT2D eigenvalue weighted by molar-refractivity contribution is 0.296. The lowest BCUT2D eigenvalue weighted by atomic mass is 9.83. The molecule has 138 valence electrons. The maximum absolute atomic E-state index is 13.4. The van der Waals surface area contributed by atoms with Gasteiger partial charge in [0.2, 0.25) is 5.56 Å². The molecule has 0 amide bonds. The lowest BCUT2D eigenvalue weighted by Crippen LogP contribution is -2.36. The van der Waals surface area contributed by atoms with Crippen molar-refractivity contribution in [1.29, 1.82) is 0 Å². The first kappa shape index (κ1) is 17.3. The van der Waals surface area contributed by atoms with Crippen LogP contribution in [0.1, 0.15) is 28.6 Å². The average Bonchev–Trinajstić information content (AvgIpc) is 3.11. The second-order valence-corrected chi connectivity index (χ2v) is 6.90. The highest BCUT2D eigenvalue weighted by molar-refractivity contribution is 7.98. The number of benzene rings is 1. The fraction of sp³-hybridized carbons (Fsp3) is 0.176. The predicted molar refractivity (Wildman–Crippen MR) is 95.2 cm³/mol. The second-order valence-electron chi connectivity index (χ2n) is 5.94. The van der Waals surface area contributed by atoms with Gasteiger partial charge in [0.1, 0.15) is 5.82 Å². The van der Waals surface area contributed by atoms with Crippen LogP contribution in [0.15, 0.2) is 56.0 Å². The molecule has 10 heteroatoms. The number of oxime groups is 1. The second kappa shape index (κ2) is 7.23. The fourth-order valence-corrected chi connectivity index (χ4v) is 3.67. The topological polar surface area (TPSA) is 116 Å². The third-order valence-corrected chi connectivity index (χ3v) is 5.19. The first-order valence-corrected chi connectivity index (χ1v) is 9.03. The van der Waals surface area contributed by atoms with E-state index in [0.717, 1.165) is 11.1 Å². The summed E-state index contributed by atoms with van der Waals surface area (Å²) < 4.78 is 18.2. The molecule has 0 spiro atoms. The van der Waals surface area contributed by atoms with Gasteiger partial charge in [0.25, 0.3) is 0 Å². The Hall–Kier alpha value is -3.14. The van der Waals surface area contributed by atoms with Crippen molar-refractivity contribution in [3.63, 3.8) is 0 Å². The van der Waals surface area contributed by atoms with E-state index in [1.54, 1.807) is 18.2 Å². The zero-order valence-corrected chi connectivity index (χ0v) is 14.7. The minimum Gasteiger partial charge on any atom is -0.409 e. The molecule has 0 saturated carbocycles. The smallest absolute Gasteiger partial charge is 0.248 e. The zero-order valence-electron chi connectivity index (χ0n) is 13.8. The van der Waals surface area contributed by atoms with Crippen LogP contribution in [0.2, 0.25) is 0 Å². The molecule has 0 unspecified atom stereocenters. The third-order valence-electron chi connectivity index (χ3n) is 4.19. The summed E-state index contributed by atoms with van der Waals surface area (Å²) in [5, 5.41) is 23.7. The first-order valence-electron chi connectivity index (χ1n) is 8.05. The molecule has 27 heavy (non-hydrogen) atoms. The molecule has 0 bridgehead atoms. The number of H-pyrrole nitrogens is 1. The van der Waals surface area contributed by atoms with Crippen molar-refractivity contribution >= 4 is 17.6 Å². The summed E-state index contributed by atoms with van der Waals surface area (Å²) in [6.45, 7) is 0. The molecule has 2 heterocycles. The summed E-state index contributed by atoms with van der Waals surface area (Å²) in [5.41, 5.74) is 2.60. The van der Waals surface area contributed by atoms with Crippen molar-refractivity contribution in [2.45, 2.75) is 23.2 Å². The van der Waals surface area contributed by atoms with Crippen LogP contribution in [0.5, 0.6) is 0 Å². The quantitative estimate of drug-likeness (QED) is 0.202. The number of halogens is 1. The van der Waals surface area contributed by atoms with Gasteiger partial charge in [-0.05, 0) is 46.1 Å². The van der Waals surface area contributed by atoms with Crippen LogP contribution in [0.4, 0.5) is 4.39 Å². The van der Waals surface area contributed by atoms with Gasteiger partial charge in [-0.3, -0.25) is 4.79 Å². The Morgan fingerprint density at radius 2 is 2.30 bits per heavy atom. The SMILES string of the molecule is O=c1cccc(CSc2nonc2/C(=N/O)N[C@@H]2Cc3ccc(F)cc32)[nH]1. The number of nitrogens with one attached hydrogen (secondary N) is 2. The van der Waals surface area contributed by atoms with Crippen LogP contribution >= 0.6 is 11.8 Å². The third kappa shape index (κ3) is 3.56. The van der Waals surface area contributed by atoms with E-state index in [1.807, 2.05) is 0 Å². The molecule has 1 aromatic carbocycles. The Morgan fingerprint density at radius 3 is 3.11 bits per heavy atom. The molecule has 3 N–H and O–H groups in total. The Kier molecular flexibility index (Phi) is 4.63. The van der Waals surface area contributed by atoms with E-state index in [-0.39, 0.29) is 28.9 Å². The largest absolute Gasteiger partial charge is 0.409 e. The summed E-state index contributed by atoms with van der Waals surface area (Å²) in [6, 6.07) is 9.28. The van der Waals surface area contributed by atoms with Gasteiger partial charge in [0.05, 0.1) is 6.04 Å². The Morgan fingerprint density at radius 1 is 1.41 bits per heavy atom. The predicted octanol–water partition coefficient (Wildman–Crippen LogP) is 2.21. The molecular weight excluding hydrogens is 373 g/mol. The Balaban J connectivity index is 1.48. The summed E-state index contributed by atoms with van der Waals surface area (Å²) in [4.78, 5) is 14.1. The highest BCUT2D eigenvalue weighted by Gasteiger charge is 2.29. The molecular formula is C17H14FN5O3S. The van der Waals surface area contributed by atoms with Crippen molar-refractivity contribution in [2.75, 3.05) is 0 Å². The maximum atomic E-state index is 13.4. The van der Waals surface area contributed by atoms with Gasteiger partial charge in [0.15, 0.2) is 16.6 Å². The minimum atomic E-state index is -0.320. The number of hydrogen-bond donors (Lipinski definition) is 3. The number of nitrogens with zero attached hydrogens (tertiary/aromatic N) is 3. The van der Waals surface area contributed by atoms with Crippen molar-refractivity contribution < 1.29 is 14.2 Å². The number of amidine groups is 1. The number of aromatic amines is 1. The maximum Gasteiger partial charge on any atom is 0.248 e. The number of thioether (sulfide) groups is 1. The Bertz CT molecular complexity index is 1060. The molecule has 1 aliphatic carbocycles. The minimum absolute atomic E-state index is 0.0835. The van der Waals surface area contributed by atoms with Crippen molar-refractivity contribution in [3.05, 3.63) is 75.1 Å². The molecule has 0 fully saturated rings. The average molecular weight is 387 g/mol. The summed E-state index contributed by atoms with van der Waals surface area (Å²) in [6.07, 6.45) is 0.674. The lowest BCUT2D eigenvalue weighted by Gasteiger charge is -2.31. The number of hydrogen-bond acceptors (Lipinski definition) is 7. The molecule has 8 nitrogen and oxygen atoms in total. The van der Waals surface area contributed by atoms with Gasteiger partial charge in [-0.15, -0.1) is 0 Å². The summed E-state index contributed by atoms with van der Waals surface area (Å²) >= 11 is 1.27. The van der Waals surface area contributed by atoms with E-state index in [9.17, 15) is 14.4 Å². The molecule has 3 aromatic rings. The number of fused-ring (bicyclic) bond motifs is 1. The van der Waals surface area contributed by atoms with Crippen LogP contribution in [0, 0.1) is 5.82 Å². The van der Waals surface area contributed by atoms with Crippen LogP contribution in [0.3, 0.4) is 0 Å². The van der Waals surface area contributed by atoms with Crippen molar-refractivity contribution in [2.24, 2.45) is 5.16 Å². The van der Waals surface area contributed by atoms with Crippen molar-refractivity contribution in [1.82, 2.24) is 20.6 Å². The van der Waals surface area contributed by atoms with E-state index in [2.05, 4.69) is 25.8 Å².